The first-order valence-electron chi connectivity index (χ1n) is 10.1. The number of benzene rings is 1. The van der Waals surface area contributed by atoms with Crippen molar-refractivity contribution in [1.82, 2.24) is 25.1 Å². The maximum absolute atomic E-state index is 13.1. The molecule has 2 aromatic heterocycles. The molecular weight excluding hydrogens is 451 g/mol. The molecule has 1 aromatic carbocycles. The van der Waals surface area contributed by atoms with Crippen molar-refractivity contribution < 1.29 is 31.5 Å². The van der Waals surface area contributed by atoms with Gasteiger partial charge in [0.25, 0.3) is 5.82 Å². The number of halogens is 5. The Morgan fingerprint density at radius 3 is 2.55 bits per heavy atom. The minimum Gasteiger partial charge on any atom is -0.434 e. The minimum absolute atomic E-state index is 0.00342. The zero-order valence-corrected chi connectivity index (χ0v) is 17.1. The number of carbonyl (C=O) groups excluding carboxylic acids is 1. The highest BCUT2D eigenvalue weighted by Crippen LogP contribution is 2.29. The predicted molar refractivity (Wildman–Crippen MR) is 106 cm³/mol. The Balaban J connectivity index is 1.36. The number of alkyl halides is 5. The Kier molecular flexibility index (Phi) is 6.29. The molecule has 0 spiro atoms. The molecule has 1 saturated heterocycles. The number of hydrogen-bond donors (Lipinski definition) is 1. The second-order valence-electron chi connectivity index (χ2n) is 7.45. The fraction of sp³-hybridized carbons (Fsp3) is 0.400. The van der Waals surface area contributed by atoms with Crippen molar-refractivity contribution in [1.29, 1.82) is 0 Å². The lowest BCUT2D eigenvalue weighted by molar-refractivity contribution is -0.146. The van der Waals surface area contributed by atoms with E-state index in [1.54, 1.807) is 29.2 Å². The van der Waals surface area contributed by atoms with Crippen LogP contribution in [0.4, 0.5) is 27.8 Å². The van der Waals surface area contributed by atoms with Crippen LogP contribution in [0.25, 0.3) is 5.65 Å². The molecule has 8 nitrogen and oxygen atoms in total. The van der Waals surface area contributed by atoms with Crippen molar-refractivity contribution in [3.8, 4) is 5.75 Å². The van der Waals surface area contributed by atoms with Gasteiger partial charge < -0.3 is 15.0 Å². The molecule has 0 bridgehead atoms. The van der Waals surface area contributed by atoms with Crippen LogP contribution in [0.2, 0.25) is 0 Å². The van der Waals surface area contributed by atoms with Gasteiger partial charge in [-0.2, -0.15) is 26.5 Å². The summed E-state index contributed by atoms with van der Waals surface area (Å²) in [6.07, 6.45) is -3.78. The van der Waals surface area contributed by atoms with E-state index in [0.29, 0.717) is 41.8 Å². The standard InChI is InChI=1S/C20H19F5N6O2/c21-19(22)33-14-4-2-1-3-13(14)11-26-17(32)12-7-9-30(10-8-12)16-6-5-15-27-28-18(20(23,24)25)31(15)29-16/h1-6,12,19H,7-11H2,(H,26,32). The third-order valence-corrected chi connectivity index (χ3v) is 5.33. The highest BCUT2D eigenvalue weighted by molar-refractivity contribution is 5.79. The van der Waals surface area contributed by atoms with Gasteiger partial charge in [0.1, 0.15) is 11.6 Å². The lowest BCUT2D eigenvalue weighted by Gasteiger charge is -2.32. The van der Waals surface area contributed by atoms with Gasteiger partial charge in [-0.25, -0.2) is 0 Å². The van der Waals surface area contributed by atoms with Crippen LogP contribution >= 0.6 is 0 Å². The molecule has 0 saturated carbocycles. The van der Waals surface area contributed by atoms with E-state index in [9.17, 15) is 26.7 Å². The van der Waals surface area contributed by atoms with Gasteiger partial charge >= 0.3 is 12.8 Å². The Labute approximate surface area is 184 Å². The molecule has 1 amide bonds. The molecule has 0 unspecified atom stereocenters. The average molecular weight is 470 g/mol. The third-order valence-electron chi connectivity index (χ3n) is 5.33. The molecular formula is C20H19F5N6O2. The normalized spacial score (nSPS) is 15.3. The number of aromatic nitrogens is 4. The summed E-state index contributed by atoms with van der Waals surface area (Å²) < 4.78 is 69.4. The highest BCUT2D eigenvalue weighted by Gasteiger charge is 2.38. The van der Waals surface area contributed by atoms with Crippen LogP contribution in [0.5, 0.6) is 5.75 Å². The molecule has 3 heterocycles. The summed E-state index contributed by atoms with van der Waals surface area (Å²) in [4.78, 5) is 14.4. The van der Waals surface area contributed by atoms with Crippen molar-refractivity contribution in [2.24, 2.45) is 5.92 Å². The fourth-order valence-corrected chi connectivity index (χ4v) is 3.68. The predicted octanol–water partition coefficient (Wildman–Crippen LogP) is 3.28. The van der Waals surface area contributed by atoms with Crippen LogP contribution in [0.15, 0.2) is 36.4 Å². The summed E-state index contributed by atoms with van der Waals surface area (Å²) in [5, 5.41) is 13.4. The van der Waals surface area contributed by atoms with E-state index in [-0.39, 0.29) is 29.8 Å². The van der Waals surface area contributed by atoms with E-state index < -0.39 is 18.6 Å². The maximum atomic E-state index is 13.1. The molecule has 176 valence electrons. The third kappa shape index (κ3) is 5.12. The lowest BCUT2D eigenvalue weighted by Crippen LogP contribution is -2.40. The first-order chi connectivity index (χ1) is 15.7. The van der Waals surface area contributed by atoms with Gasteiger partial charge in [-0.3, -0.25) is 4.79 Å². The summed E-state index contributed by atoms with van der Waals surface area (Å²) in [6.45, 7) is -2.12. The van der Waals surface area contributed by atoms with E-state index in [2.05, 4.69) is 25.3 Å². The Hall–Kier alpha value is -3.51. The van der Waals surface area contributed by atoms with Gasteiger partial charge in [0.2, 0.25) is 5.91 Å². The molecule has 1 N–H and O–H groups in total. The number of hydrogen-bond acceptors (Lipinski definition) is 6. The highest BCUT2D eigenvalue weighted by atomic mass is 19.4. The van der Waals surface area contributed by atoms with Gasteiger partial charge in [-0.1, -0.05) is 18.2 Å². The smallest absolute Gasteiger partial charge is 0.434 e. The zero-order valence-electron chi connectivity index (χ0n) is 17.1. The van der Waals surface area contributed by atoms with E-state index in [4.69, 9.17) is 0 Å². The van der Waals surface area contributed by atoms with E-state index in [1.165, 1.54) is 12.1 Å². The molecule has 0 atom stereocenters. The number of para-hydroxylation sites is 1. The van der Waals surface area contributed by atoms with Gasteiger partial charge in [0.15, 0.2) is 5.65 Å². The van der Waals surface area contributed by atoms with Crippen molar-refractivity contribution >= 4 is 17.4 Å². The van der Waals surface area contributed by atoms with Crippen LogP contribution < -0.4 is 15.0 Å². The number of anilines is 1. The molecule has 33 heavy (non-hydrogen) atoms. The number of piperidine rings is 1. The molecule has 0 aliphatic carbocycles. The topological polar surface area (TPSA) is 84.6 Å². The van der Waals surface area contributed by atoms with Crippen LogP contribution in [0, 0.1) is 5.92 Å². The molecule has 13 heteroatoms. The van der Waals surface area contributed by atoms with E-state index in [0.717, 1.165) is 0 Å². The van der Waals surface area contributed by atoms with Crippen LogP contribution in [0.3, 0.4) is 0 Å². The SMILES string of the molecule is O=C(NCc1ccccc1OC(F)F)C1CCN(c2ccc3nnc(C(F)(F)F)n3n2)CC1. The molecule has 4 rings (SSSR count). The van der Waals surface area contributed by atoms with Crippen LogP contribution in [-0.4, -0.2) is 45.4 Å². The fourth-order valence-electron chi connectivity index (χ4n) is 3.68. The summed E-state index contributed by atoms with van der Waals surface area (Å²) in [7, 11) is 0. The second-order valence-corrected chi connectivity index (χ2v) is 7.45. The monoisotopic (exact) mass is 470 g/mol. The first-order valence-corrected chi connectivity index (χ1v) is 10.1. The Morgan fingerprint density at radius 2 is 1.85 bits per heavy atom. The summed E-state index contributed by atoms with van der Waals surface area (Å²) in [5.74, 6) is -1.44. The molecule has 0 radical (unpaired) electrons. The largest absolute Gasteiger partial charge is 0.453 e. The number of rotatable bonds is 6. The van der Waals surface area contributed by atoms with Gasteiger partial charge in [-0.05, 0) is 31.0 Å². The number of fused-ring (bicyclic) bond motifs is 1. The molecule has 1 aliphatic rings. The van der Waals surface area contributed by atoms with Gasteiger partial charge in [0.05, 0.1) is 0 Å². The molecule has 1 fully saturated rings. The first kappa shape index (κ1) is 22.7. The lowest BCUT2D eigenvalue weighted by atomic mass is 9.96. The maximum Gasteiger partial charge on any atom is 0.453 e. The average Bonchev–Trinajstić information content (AvgIpc) is 3.22. The zero-order chi connectivity index (χ0) is 23.6. The Bertz CT molecular complexity index is 1130. The van der Waals surface area contributed by atoms with Crippen molar-refractivity contribution in [2.75, 3.05) is 18.0 Å². The quantitative estimate of drug-likeness (QED) is 0.557. The van der Waals surface area contributed by atoms with Gasteiger partial charge in [0, 0.05) is 31.1 Å². The summed E-state index contributed by atoms with van der Waals surface area (Å²) >= 11 is 0. The minimum atomic E-state index is -4.69. The number of nitrogens with zero attached hydrogens (tertiary/aromatic N) is 5. The number of ether oxygens (including phenoxy) is 1. The van der Waals surface area contributed by atoms with Crippen molar-refractivity contribution in [3.63, 3.8) is 0 Å². The van der Waals surface area contributed by atoms with Crippen LogP contribution in [-0.2, 0) is 17.5 Å². The van der Waals surface area contributed by atoms with Gasteiger partial charge in [-0.15, -0.1) is 15.3 Å². The van der Waals surface area contributed by atoms with Crippen LogP contribution in [0.1, 0.15) is 24.2 Å². The molecule has 3 aromatic rings. The second kappa shape index (κ2) is 9.16. The molecule has 1 aliphatic heterocycles. The number of amides is 1. The van der Waals surface area contributed by atoms with E-state index in [1.807, 2.05) is 0 Å². The van der Waals surface area contributed by atoms with E-state index >= 15 is 0 Å². The number of carbonyl (C=O) groups is 1. The summed E-state index contributed by atoms with van der Waals surface area (Å²) in [6, 6.07) is 9.16. The van der Waals surface area contributed by atoms with Crippen molar-refractivity contribution in [3.05, 3.63) is 47.8 Å². The summed E-state index contributed by atoms with van der Waals surface area (Å²) in [5.41, 5.74) is 0.409. The Morgan fingerprint density at radius 1 is 1.12 bits per heavy atom. The van der Waals surface area contributed by atoms with Crippen molar-refractivity contribution in [2.45, 2.75) is 32.2 Å². The number of nitrogens with one attached hydrogen (secondary N) is 1.